The molecule has 0 saturated heterocycles. The molecular weight excluding hydrogens is 164 g/mol. The van der Waals surface area contributed by atoms with Gasteiger partial charge >= 0.3 is 0 Å². The fraction of sp³-hybridized carbons (Fsp3) is 0.455. The normalized spacial score (nSPS) is 22.0. The highest BCUT2D eigenvalue weighted by Gasteiger charge is 2.07. The molecule has 1 heterocycles. The summed E-state index contributed by atoms with van der Waals surface area (Å²) in [5, 5.41) is 0. The van der Waals surface area contributed by atoms with E-state index in [9.17, 15) is 0 Å². The van der Waals surface area contributed by atoms with Gasteiger partial charge in [0.15, 0.2) is 0 Å². The Morgan fingerprint density at radius 3 is 3.33 bits per heavy atom. The lowest BCUT2D eigenvalue weighted by Gasteiger charge is -2.12. The van der Waals surface area contributed by atoms with Crippen molar-refractivity contribution in [3.8, 4) is 11.8 Å². The van der Waals surface area contributed by atoms with Crippen LogP contribution >= 0.6 is 11.8 Å². The van der Waals surface area contributed by atoms with Gasteiger partial charge in [-0.05, 0) is 25.3 Å². The summed E-state index contributed by atoms with van der Waals surface area (Å²) in [6.45, 7) is 0. The Hall–Kier alpha value is -0.610. The lowest BCUT2D eigenvalue weighted by molar-refractivity contribution is 0.763. The van der Waals surface area contributed by atoms with Crippen LogP contribution in [0.15, 0.2) is 22.6 Å². The zero-order valence-electron chi connectivity index (χ0n) is 7.10. The van der Waals surface area contributed by atoms with Gasteiger partial charge in [0, 0.05) is 22.7 Å². The first kappa shape index (κ1) is 8.01. The standard InChI is InChI=1S/C11H12S/c1-2-4-8-11-10(6-3-1)7-5-9-12-11/h5,7H,1-2,4,8-9H2. The average molecular weight is 176 g/mol. The van der Waals surface area contributed by atoms with E-state index in [1.807, 2.05) is 11.8 Å². The molecule has 0 unspecified atom stereocenters. The molecule has 0 N–H and O–H groups in total. The van der Waals surface area contributed by atoms with Crippen molar-refractivity contribution in [2.75, 3.05) is 5.75 Å². The molecule has 0 aromatic heterocycles. The Morgan fingerprint density at radius 1 is 1.33 bits per heavy atom. The minimum atomic E-state index is 1.08. The second-order valence-corrected chi connectivity index (χ2v) is 4.17. The van der Waals surface area contributed by atoms with Gasteiger partial charge in [-0.2, -0.15) is 0 Å². The summed E-state index contributed by atoms with van der Waals surface area (Å²) in [6, 6.07) is 0. The van der Waals surface area contributed by atoms with E-state index in [-0.39, 0.29) is 0 Å². The highest BCUT2D eigenvalue weighted by molar-refractivity contribution is 8.03. The zero-order chi connectivity index (χ0) is 8.23. The van der Waals surface area contributed by atoms with Crippen LogP contribution in [0.5, 0.6) is 0 Å². The predicted octanol–water partition coefficient (Wildman–Crippen LogP) is 3.12. The van der Waals surface area contributed by atoms with Crippen molar-refractivity contribution in [2.24, 2.45) is 0 Å². The molecule has 1 aliphatic heterocycles. The second-order valence-electron chi connectivity index (χ2n) is 3.06. The SMILES string of the molecule is C1#CC2=C(CCCC1)SCC=C2. The van der Waals surface area contributed by atoms with Gasteiger partial charge in [0.05, 0.1) is 0 Å². The molecule has 0 bridgehead atoms. The molecule has 0 fully saturated rings. The number of hydrogen-bond donors (Lipinski definition) is 0. The summed E-state index contributed by atoms with van der Waals surface area (Å²) in [6.07, 6.45) is 9.31. The molecule has 2 rings (SSSR count). The number of hydrogen-bond acceptors (Lipinski definition) is 1. The Morgan fingerprint density at radius 2 is 2.33 bits per heavy atom. The smallest absolute Gasteiger partial charge is 0.0337 e. The van der Waals surface area contributed by atoms with E-state index in [0.717, 1.165) is 12.2 Å². The third kappa shape index (κ3) is 1.76. The van der Waals surface area contributed by atoms with E-state index in [0.29, 0.717) is 0 Å². The first-order valence-electron chi connectivity index (χ1n) is 4.48. The molecule has 0 aromatic rings. The maximum atomic E-state index is 3.25. The van der Waals surface area contributed by atoms with E-state index in [1.165, 1.54) is 29.7 Å². The molecule has 0 aromatic carbocycles. The van der Waals surface area contributed by atoms with Crippen molar-refractivity contribution in [3.63, 3.8) is 0 Å². The van der Waals surface area contributed by atoms with Crippen molar-refractivity contribution in [1.82, 2.24) is 0 Å². The van der Waals surface area contributed by atoms with Crippen LogP contribution in [0.4, 0.5) is 0 Å². The molecule has 1 heteroatoms. The first-order chi connectivity index (χ1) is 5.97. The third-order valence-electron chi connectivity index (χ3n) is 2.12. The Balaban J connectivity index is 2.27. The fourth-order valence-corrected chi connectivity index (χ4v) is 2.42. The Labute approximate surface area is 78.1 Å². The largest absolute Gasteiger partial charge is 0.125 e. The Bertz CT molecular complexity index is 286. The summed E-state index contributed by atoms with van der Waals surface area (Å²) in [7, 11) is 0. The van der Waals surface area contributed by atoms with Gasteiger partial charge in [0.25, 0.3) is 0 Å². The quantitative estimate of drug-likeness (QED) is 0.511. The molecule has 0 saturated carbocycles. The number of thioether (sulfide) groups is 1. The van der Waals surface area contributed by atoms with Crippen LogP contribution in [-0.2, 0) is 0 Å². The van der Waals surface area contributed by atoms with E-state index in [2.05, 4.69) is 24.0 Å². The molecular formula is C11H12S. The summed E-state index contributed by atoms with van der Waals surface area (Å²) >= 11 is 1.96. The fourth-order valence-electron chi connectivity index (χ4n) is 1.46. The maximum absolute atomic E-state index is 3.25. The lowest BCUT2D eigenvalue weighted by atomic mass is 10.1. The molecule has 62 valence electrons. The summed E-state index contributed by atoms with van der Waals surface area (Å²) in [5.74, 6) is 7.60. The van der Waals surface area contributed by atoms with E-state index < -0.39 is 0 Å². The van der Waals surface area contributed by atoms with E-state index >= 15 is 0 Å². The van der Waals surface area contributed by atoms with Crippen LogP contribution in [0.1, 0.15) is 25.7 Å². The highest BCUT2D eigenvalue weighted by atomic mass is 32.2. The van der Waals surface area contributed by atoms with Crippen LogP contribution in [-0.4, -0.2) is 5.75 Å². The van der Waals surface area contributed by atoms with Crippen LogP contribution in [0, 0.1) is 11.8 Å². The van der Waals surface area contributed by atoms with Gasteiger partial charge in [-0.15, -0.1) is 11.8 Å². The molecule has 0 atom stereocenters. The van der Waals surface area contributed by atoms with Crippen molar-refractivity contribution in [3.05, 3.63) is 22.6 Å². The van der Waals surface area contributed by atoms with Gasteiger partial charge in [-0.1, -0.05) is 17.9 Å². The van der Waals surface area contributed by atoms with Gasteiger partial charge in [-0.3, -0.25) is 0 Å². The molecule has 1 aliphatic carbocycles. The lowest BCUT2D eigenvalue weighted by Crippen LogP contribution is -1.93. The van der Waals surface area contributed by atoms with Crippen LogP contribution in [0.25, 0.3) is 0 Å². The number of rotatable bonds is 0. The molecule has 12 heavy (non-hydrogen) atoms. The maximum Gasteiger partial charge on any atom is 0.0337 e. The summed E-state index contributed by atoms with van der Waals surface area (Å²) in [4.78, 5) is 1.52. The second kappa shape index (κ2) is 3.87. The van der Waals surface area contributed by atoms with E-state index in [4.69, 9.17) is 0 Å². The topological polar surface area (TPSA) is 0 Å². The van der Waals surface area contributed by atoms with Crippen LogP contribution in [0.3, 0.4) is 0 Å². The van der Waals surface area contributed by atoms with Crippen molar-refractivity contribution < 1.29 is 0 Å². The first-order valence-corrected chi connectivity index (χ1v) is 5.47. The molecule has 0 amide bonds. The van der Waals surface area contributed by atoms with Gasteiger partial charge in [0.1, 0.15) is 0 Å². The van der Waals surface area contributed by atoms with Crippen LogP contribution in [0.2, 0.25) is 0 Å². The van der Waals surface area contributed by atoms with Gasteiger partial charge in [-0.25, -0.2) is 0 Å². The number of allylic oxidation sites excluding steroid dienone is 3. The Kier molecular flexibility index (Phi) is 2.58. The van der Waals surface area contributed by atoms with Crippen molar-refractivity contribution >= 4 is 11.8 Å². The third-order valence-corrected chi connectivity index (χ3v) is 3.25. The molecule has 2 aliphatic rings. The monoisotopic (exact) mass is 176 g/mol. The minimum Gasteiger partial charge on any atom is -0.125 e. The average Bonchev–Trinajstić information content (AvgIpc) is 2.06. The zero-order valence-corrected chi connectivity index (χ0v) is 7.91. The summed E-state index contributed by atoms with van der Waals surface area (Å²) in [5.41, 5.74) is 1.28. The molecule has 0 nitrogen and oxygen atoms in total. The van der Waals surface area contributed by atoms with Gasteiger partial charge in [0.2, 0.25) is 0 Å². The van der Waals surface area contributed by atoms with Crippen molar-refractivity contribution in [1.29, 1.82) is 0 Å². The van der Waals surface area contributed by atoms with E-state index in [1.54, 1.807) is 0 Å². The van der Waals surface area contributed by atoms with Gasteiger partial charge < -0.3 is 0 Å². The highest BCUT2D eigenvalue weighted by Crippen LogP contribution is 2.30. The molecule has 0 radical (unpaired) electrons. The van der Waals surface area contributed by atoms with Crippen molar-refractivity contribution in [2.45, 2.75) is 25.7 Å². The summed E-state index contributed by atoms with van der Waals surface area (Å²) < 4.78 is 0. The molecule has 0 spiro atoms. The minimum absolute atomic E-state index is 1.08. The van der Waals surface area contributed by atoms with Crippen LogP contribution < -0.4 is 0 Å². The predicted molar refractivity (Wildman–Crippen MR) is 54.9 cm³/mol.